The summed E-state index contributed by atoms with van der Waals surface area (Å²) in [6.07, 6.45) is 3.66. The van der Waals surface area contributed by atoms with Crippen LogP contribution in [0.5, 0.6) is 0 Å². The molecular weight excluding hydrogens is 224 g/mol. The summed E-state index contributed by atoms with van der Waals surface area (Å²) in [6.45, 7) is 1.94. The van der Waals surface area contributed by atoms with Crippen LogP contribution in [0.15, 0.2) is 60.0 Å². The number of H-pyrrole nitrogens is 1. The Morgan fingerprint density at radius 1 is 1.11 bits per heavy atom. The van der Waals surface area contributed by atoms with Crippen LogP contribution in [0.3, 0.4) is 0 Å². The highest BCUT2D eigenvalue weighted by atomic mass is 15.0. The number of nitrogens with one attached hydrogen (secondary N) is 2. The summed E-state index contributed by atoms with van der Waals surface area (Å²) < 4.78 is 0. The predicted octanol–water partition coefficient (Wildman–Crippen LogP) is 4.22. The van der Waals surface area contributed by atoms with Gasteiger partial charge in [-0.2, -0.15) is 5.11 Å². The molecule has 0 aliphatic heterocycles. The van der Waals surface area contributed by atoms with E-state index in [1.807, 2.05) is 55.6 Å². The lowest BCUT2D eigenvalue weighted by atomic mass is 10.2. The average Bonchev–Trinajstić information content (AvgIpc) is 2.88. The monoisotopic (exact) mass is 238 g/mol. The third kappa shape index (κ3) is 2.79. The zero-order valence-corrected chi connectivity index (χ0v) is 10.1. The van der Waals surface area contributed by atoms with E-state index in [0.29, 0.717) is 0 Å². The second kappa shape index (κ2) is 5.72. The van der Waals surface area contributed by atoms with Crippen LogP contribution in [0.25, 0.3) is 11.0 Å². The van der Waals surface area contributed by atoms with Gasteiger partial charge in [-0.3, -0.25) is 0 Å². The number of nitrogens with zero attached hydrogens (tertiary/aromatic N) is 2. The number of aromatic amines is 1. The van der Waals surface area contributed by atoms with E-state index in [2.05, 4.69) is 15.1 Å². The molecule has 2 heterocycles. The van der Waals surface area contributed by atoms with Gasteiger partial charge in [0, 0.05) is 17.8 Å². The molecule has 18 heavy (non-hydrogen) atoms. The minimum absolute atomic E-state index is 0.748. The first-order valence-electron chi connectivity index (χ1n) is 5.62. The van der Waals surface area contributed by atoms with Gasteiger partial charge >= 0.3 is 0 Å². The van der Waals surface area contributed by atoms with Gasteiger partial charge in [-0.25, -0.2) is 10.5 Å². The van der Waals surface area contributed by atoms with E-state index in [4.69, 9.17) is 5.53 Å². The second-order valence-corrected chi connectivity index (χ2v) is 3.82. The van der Waals surface area contributed by atoms with E-state index in [1.165, 1.54) is 0 Å². The summed E-state index contributed by atoms with van der Waals surface area (Å²) in [4.78, 5) is 7.09. The SMILES string of the molecule is Cc1ccccc1N=N.c1cnc2[nH]ccc2c1. The molecule has 0 fully saturated rings. The summed E-state index contributed by atoms with van der Waals surface area (Å²) in [7, 11) is 0. The van der Waals surface area contributed by atoms with Crippen molar-refractivity contribution in [1.82, 2.24) is 9.97 Å². The van der Waals surface area contributed by atoms with Gasteiger partial charge in [0.25, 0.3) is 0 Å². The number of hydrogen-bond acceptors (Lipinski definition) is 3. The van der Waals surface area contributed by atoms with Crippen molar-refractivity contribution in [2.45, 2.75) is 6.92 Å². The van der Waals surface area contributed by atoms with Crippen LogP contribution in [0.1, 0.15) is 5.56 Å². The number of pyridine rings is 1. The molecule has 3 aromatic rings. The van der Waals surface area contributed by atoms with Crippen LogP contribution in [0.2, 0.25) is 0 Å². The minimum Gasteiger partial charge on any atom is -0.346 e. The molecule has 0 saturated carbocycles. The van der Waals surface area contributed by atoms with Gasteiger partial charge < -0.3 is 4.98 Å². The third-order valence-corrected chi connectivity index (χ3v) is 2.56. The van der Waals surface area contributed by atoms with Crippen molar-refractivity contribution in [2.24, 2.45) is 5.11 Å². The Hall–Kier alpha value is -2.49. The van der Waals surface area contributed by atoms with Crippen LogP contribution in [0, 0.1) is 12.5 Å². The molecular formula is C14H14N4. The second-order valence-electron chi connectivity index (χ2n) is 3.82. The summed E-state index contributed by atoms with van der Waals surface area (Å²) in [5.41, 5.74) is 9.46. The molecule has 1 aromatic carbocycles. The molecule has 2 aromatic heterocycles. The zero-order chi connectivity index (χ0) is 12.8. The van der Waals surface area contributed by atoms with Crippen LogP contribution < -0.4 is 0 Å². The zero-order valence-electron chi connectivity index (χ0n) is 10.1. The van der Waals surface area contributed by atoms with E-state index in [1.54, 1.807) is 6.20 Å². The lowest BCUT2D eigenvalue weighted by Crippen LogP contribution is -1.70. The fourth-order valence-electron chi connectivity index (χ4n) is 1.57. The molecule has 3 rings (SSSR count). The molecule has 0 unspecified atom stereocenters. The maximum atomic E-state index is 6.71. The molecule has 0 spiro atoms. The van der Waals surface area contributed by atoms with Gasteiger partial charge in [-0.05, 0) is 36.8 Å². The number of para-hydroxylation sites is 1. The molecule has 4 heteroatoms. The molecule has 0 bridgehead atoms. The first-order chi connectivity index (χ1) is 8.81. The maximum absolute atomic E-state index is 6.71. The van der Waals surface area contributed by atoms with Crippen LogP contribution >= 0.6 is 0 Å². The fraction of sp³-hybridized carbons (Fsp3) is 0.0714. The number of aromatic nitrogens is 2. The van der Waals surface area contributed by atoms with E-state index in [9.17, 15) is 0 Å². The van der Waals surface area contributed by atoms with E-state index in [0.717, 1.165) is 22.3 Å². The van der Waals surface area contributed by atoms with Gasteiger partial charge in [0.1, 0.15) is 5.65 Å². The molecule has 0 amide bonds. The van der Waals surface area contributed by atoms with Gasteiger partial charge in [0.2, 0.25) is 0 Å². The van der Waals surface area contributed by atoms with E-state index < -0.39 is 0 Å². The largest absolute Gasteiger partial charge is 0.346 e. The number of hydrogen-bond donors (Lipinski definition) is 2. The van der Waals surface area contributed by atoms with Crippen molar-refractivity contribution in [3.8, 4) is 0 Å². The number of aryl methyl sites for hydroxylation is 1. The highest BCUT2D eigenvalue weighted by molar-refractivity contribution is 5.74. The minimum atomic E-state index is 0.748. The maximum Gasteiger partial charge on any atom is 0.137 e. The molecule has 90 valence electrons. The van der Waals surface area contributed by atoms with Crippen molar-refractivity contribution in [1.29, 1.82) is 5.53 Å². The van der Waals surface area contributed by atoms with E-state index in [-0.39, 0.29) is 0 Å². The Kier molecular flexibility index (Phi) is 3.81. The Balaban J connectivity index is 0.000000134. The van der Waals surface area contributed by atoms with Gasteiger partial charge in [-0.1, -0.05) is 18.2 Å². The topological polar surface area (TPSA) is 64.9 Å². The Morgan fingerprint density at radius 3 is 2.61 bits per heavy atom. The standard InChI is InChI=1S/C7H6N2.C7H8N2/c1-2-6-3-5-9-7(6)8-4-1;1-6-4-2-3-5-7(6)9-8/h1-5H,(H,8,9);2-5,8H,1H3. The molecule has 2 N–H and O–H groups in total. The normalized spacial score (nSPS) is 9.61. The number of rotatable bonds is 1. The molecule has 0 atom stereocenters. The number of fused-ring (bicyclic) bond motifs is 1. The molecule has 0 saturated heterocycles. The third-order valence-electron chi connectivity index (χ3n) is 2.56. The van der Waals surface area contributed by atoms with Crippen LogP contribution in [-0.4, -0.2) is 9.97 Å². The van der Waals surface area contributed by atoms with Gasteiger partial charge in [0.05, 0.1) is 5.69 Å². The van der Waals surface area contributed by atoms with Crippen molar-refractivity contribution < 1.29 is 0 Å². The summed E-state index contributed by atoms with van der Waals surface area (Å²) in [5.74, 6) is 0. The Labute approximate surface area is 105 Å². The van der Waals surface area contributed by atoms with Crippen molar-refractivity contribution >= 4 is 16.7 Å². The van der Waals surface area contributed by atoms with E-state index >= 15 is 0 Å². The molecule has 4 nitrogen and oxygen atoms in total. The quantitative estimate of drug-likeness (QED) is 0.612. The molecule has 0 aliphatic rings. The first kappa shape index (κ1) is 12.0. The average molecular weight is 238 g/mol. The Bertz CT molecular complexity index is 613. The Morgan fingerprint density at radius 2 is 1.94 bits per heavy atom. The van der Waals surface area contributed by atoms with Crippen molar-refractivity contribution in [3.63, 3.8) is 0 Å². The van der Waals surface area contributed by atoms with Gasteiger partial charge in [0.15, 0.2) is 0 Å². The fourth-order valence-corrected chi connectivity index (χ4v) is 1.57. The highest BCUT2D eigenvalue weighted by Crippen LogP contribution is 2.15. The highest BCUT2D eigenvalue weighted by Gasteiger charge is 1.89. The lowest BCUT2D eigenvalue weighted by Gasteiger charge is -1.92. The predicted molar refractivity (Wildman–Crippen MR) is 72.1 cm³/mol. The van der Waals surface area contributed by atoms with Crippen LogP contribution in [0.4, 0.5) is 5.69 Å². The van der Waals surface area contributed by atoms with Gasteiger partial charge in [-0.15, -0.1) is 0 Å². The molecule has 0 aliphatic carbocycles. The summed E-state index contributed by atoms with van der Waals surface area (Å²) in [5, 5.41) is 4.48. The first-order valence-corrected chi connectivity index (χ1v) is 5.62. The number of benzene rings is 1. The molecule has 0 radical (unpaired) electrons. The van der Waals surface area contributed by atoms with Crippen molar-refractivity contribution in [3.05, 3.63) is 60.4 Å². The summed E-state index contributed by atoms with van der Waals surface area (Å²) >= 11 is 0. The lowest BCUT2D eigenvalue weighted by molar-refractivity contribution is 1.13. The summed E-state index contributed by atoms with van der Waals surface area (Å²) in [6, 6.07) is 13.5. The van der Waals surface area contributed by atoms with Crippen LogP contribution in [-0.2, 0) is 0 Å². The van der Waals surface area contributed by atoms with Crippen molar-refractivity contribution in [2.75, 3.05) is 0 Å². The smallest absolute Gasteiger partial charge is 0.137 e.